The summed E-state index contributed by atoms with van der Waals surface area (Å²) < 4.78 is 5.00. The van der Waals surface area contributed by atoms with Gasteiger partial charge in [0.1, 0.15) is 6.61 Å². The molecule has 0 fully saturated rings. The summed E-state index contributed by atoms with van der Waals surface area (Å²) in [4.78, 5) is 6.34. The Kier molecular flexibility index (Phi) is 1.34. The summed E-state index contributed by atoms with van der Waals surface area (Å²) in [5.74, 6) is 0. The van der Waals surface area contributed by atoms with Gasteiger partial charge in [-0.3, -0.25) is 0 Å². The molecular formula is C7H10N2O. The third-order valence-corrected chi connectivity index (χ3v) is 1.79. The van der Waals surface area contributed by atoms with Crippen LogP contribution in [0, 0.1) is 0 Å². The monoisotopic (exact) mass is 138 g/mol. The van der Waals surface area contributed by atoms with Gasteiger partial charge in [0.15, 0.2) is 12.6 Å². The van der Waals surface area contributed by atoms with Gasteiger partial charge >= 0.3 is 0 Å². The maximum atomic E-state index is 5.00. The average molecular weight is 138 g/mol. The first-order valence-corrected chi connectivity index (χ1v) is 3.52. The summed E-state index contributed by atoms with van der Waals surface area (Å²) >= 11 is 0. The van der Waals surface area contributed by atoms with Crippen molar-refractivity contribution in [2.24, 2.45) is 4.99 Å². The molecule has 54 valence electrons. The second kappa shape index (κ2) is 2.33. The maximum Gasteiger partial charge on any atom is 0.171 e. The Labute approximate surface area is 60.0 Å². The number of ether oxygens (including phenoxy) is 1. The Bertz CT molecular complexity index is 156. The molecule has 0 amide bonds. The third kappa shape index (κ3) is 0.875. The Morgan fingerprint density at radius 3 is 3.20 bits per heavy atom. The van der Waals surface area contributed by atoms with Crippen molar-refractivity contribution in [3.63, 3.8) is 0 Å². The molecule has 0 aromatic heterocycles. The van der Waals surface area contributed by atoms with Crippen LogP contribution in [0.3, 0.4) is 0 Å². The fourth-order valence-electron chi connectivity index (χ4n) is 1.22. The molecule has 3 nitrogen and oxygen atoms in total. The zero-order chi connectivity index (χ0) is 6.81. The van der Waals surface area contributed by atoms with Gasteiger partial charge in [0, 0.05) is 6.54 Å². The zero-order valence-electron chi connectivity index (χ0n) is 5.73. The van der Waals surface area contributed by atoms with E-state index in [1.54, 1.807) is 0 Å². The molecule has 2 heterocycles. The highest BCUT2D eigenvalue weighted by Gasteiger charge is 2.18. The van der Waals surface area contributed by atoms with Gasteiger partial charge in [-0.05, 0) is 12.6 Å². The summed E-state index contributed by atoms with van der Waals surface area (Å²) in [6.07, 6.45) is 7.19. The Balaban J connectivity index is 1.98. The van der Waals surface area contributed by atoms with E-state index < -0.39 is 0 Å². The van der Waals surface area contributed by atoms with Crippen LogP contribution in [0.15, 0.2) is 17.3 Å². The highest BCUT2D eigenvalue weighted by molar-refractivity contribution is 5.48. The van der Waals surface area contributed by atoms with Gasteiger partial charge in [0.25, 0.3) is 0 Å². The maximum absolute atomic E-state index is 5.00. The minimum absolute atomic E-state index is 0.249. The van der Waals surface area contributed by atoms with Crippen molar-refractivity contribution in [3.8, 4) is 0 Å². The molecule has 3 heteroatoms. The molecule has 0 N–H and O–H groups in total. The van der Waals surface area contributed by atoms with E-state index in [2.05, 4.69) is 22.2 Å². The van der Waals surface area contributed by atoms with E-state index in [-0.39, 0.29) is 6.17 Å². The summed E-state index contributed by atoms with van der Waals surface area (Å²) in [7, 11) is 0. The molecule has 0 aromatic carbocycles. The molecule has 2 rings (SSSR count). The molecule has 0 saturated heterocycles. The van der Waals surface area contributed by atoms with Crippen molar-refractivity contribution < 1.29 is 4.74 Å². The molecular weight excluding hydrogens is 128 g/mol. The largest absolute Gasteiger partial charge is 0.479 e. The quantitative estimate of drug-likeness (QED) is 0.529. The van der Waals surface area contributed by atoms with Crippen molar-refractivity contribution in [1.82, 2.24) is 4.90 Å². The fourth-order valence-corrected chi connectivity index (χ4v) is 1.22. The summed E-state index contributed by atoms with van der Waals surface area (Å²) in [5, 5.41) is 0. The first-order valence-electron chi connectivity index (χ1n) is 3.52. The van der Waals surface area contributed by atoms with Gasteiger partial charge in [0.05, 0.1) is 0 Å². The lowest BCUT2D eigenvalue weighted by atomic mass is 10.4. The fraction of sp³-hybridized carbons (Fsp3) is 0.571. The Morgan fingerprint density at radius 2 is 2.60 bits per heavy atom. The van der Waals surface area contributed by atoms with Crippen LogP contribution in [0.5, 0.6) is 0 Å². The zero-order valence-corrected chi connectivity index (χ0v) is 5.73. The van der Waals surface area contributed by atoms with Crippen LogP contribution in [-0.4, -0.2) is 30.6 Å². The van der Waals surface area contributed by atoms with Gasteiger partial charge < -0.3 is 9.64 Å². The number of nitrogens with zero attached hydrogens (tertiary/aromatic N) is 2. The molecule has 0 aliphatic carbocycles. The normalized spacial score (nSPS) is 29.6. The predicted octanol–water partition coefficient (Wildman–Crippen LogP) is 0.590. The van der Waals surface area contributed by atoms with Crippen molar-refractivity contribution in [2.75, 3.05) is 13.2 Å². The van der Waals surface area contributed by atoms with Crippen molar-refractivity contribution in [3.05, 3.63) is 12.3 Å². The first kappa shape index (κ1) is 5.77. The second-order valence-corrected chi connectivity index (χ2v) is 2.48. The summed E-state index contributed by atoms with van der Waals surface area (Å²) in [5.41, 5.74) is 0. The minimum atomic E-state index is 0.249. The van der Waals surface area contributed by atoms with E-state index >= 15 is 0 Å². The lowest BCUT2D eigenvalue weighted by Crippen LogP contribution is -2.28. The van der Waals surface area contributed by atoms with E-state index in [1.807, 2.05) is 0 Å². The lowest BCUT2D eigenvalue weighted by molar-refractivity contribution is 0.226. The Hall–Kier alpha value is -0.990. The molecule has 1 unspecified atom stereocenters. The molecule has 1 atom stereocenters. The predicted molar refractivity (Wildman–Crippen MR) is 38.7 cm³/mol. The highest BCUT2D eigenvalue weighted by Crippen LogP contribution is 2.12. The second-order valence-electron chi connectivity index (χ2n) is 2.48. The van der Waals surface area contributed by atoms with E-state index in [1.165, 1.54) is 6.40 Å². The molecule has 0 aromatic rings. The van der Waals surface area contributed by atoms with Crippen LogP contribution in [0.4, 0.5) is 0 Å². The molecule has 2 aliphatic heterocycles. The number of aliphatic imine (C=N–C) groups is 1. The molecule has 0 bridgehead atoms. The smallest absolute Gasteiger partial charge is 0.171 e. The van der Waals surface area contributed by atoms with E-state index in [4.69, 9.17) is 4.74 Å². The summed E-state index contributed by atoms with van der Waals surface area (Å²) in [6, 6.07) is 0. The van der Waals surface area contributed by atoms with Crippen LogP contribution in [0.2, 0.25) is 0 Å². The van der Waals surface area contributed by atoms with Crippen LogP contribution >= 0.6 is 0 Å². The Morgan fingerprint density at radius 1 is 1.60 bits per heavy atom. The molecule has 0 spiro atoms. The van der Waals surface area contributed by atoms with Gasteiger partial charge in [-0.1, -0.05) is 6.08 Å². The van der Waals surface area contributed by atoms with Crippen LogP contribution in [-0.2, 0) is 4.74 Å². The topological polar surface area (TPSA) is 24.8 Å². The van der Waals surface area contributed by atoms with Crippen molar-refractivity contribution >= 4 is 6.40 Å². The standard InChI is InChI=1S/C7H10N2O/c1-2-4-9(3-1)7-5-10-6-8-7/h1,3,6-7H,2,4-5H2. The van der Waals surface area contributed by atoms with E-state index in [0.29, 0.717) is 6.61 Å². The van der Waals surface area contributed by atoms with Gasteiger partial charge in [-0.15, -0.1) is 0 Å². The average Bonchev–Trinajstić information content (AvgIpc) is 2.59. The van der Waals surface area contributed by atoms with Crippen molar-refractivity contribution in [2.45, 2.75) is 12.6 Å². The summed E-state index contributed by atoms with van der Waals surface area (Å²) in [6.45, 7) is 1.80. The molecule has 2 aliphatic rings. The van der Waals surface area contributed by atoms with Crippen LogP contribution in [0.1, 0.15) is 6.42 Å². The van der Waals surface area contributed by atoms with E-state index in [9.17, 15) is 0 Å². The van der Waals surface area contributed by atoms with E-state index in [0.717, 1.165) is 13.0 Å². The van der Waals surface area contributed by atoms with Crippen LogP contribution < -0.4 is 0 Å². The van der Waals surface area contributed by atoms with Crippen molar-refractivity contribution in [1.29, 1.82) is 0 Å². The SMILES string of the molecule is C1=CN(C2COC=N2)CC1. The lowest BCUT2D eigenvalue weighted by Gasteiger charge is -2.18. The molecule has 0 saturated carbocycles. The highest BCUT2D eigenvalue weighted by atomic mass is 16.5. The van der Waals surface area contributed by atoms with Gasteiger partial charge in [-0.25, -0.2) is 4.99 Å². The minimum Gasteiger partial charge on any atom is -0.479 e. The number of rotatable bonds is 1. The third-order valence-electron chi connectivity index (χ3n) is 1.79. The molecule has 0 radical (unpaired) electrons. The van der Waals surface area contributed by atoms with Crippen LogP contribution in [0.25, 0.3) is 0 Å². The molecule has 10 heavy (non-hydrogen) atoms. The van der Waals surface area contributed by atoms with Gasteiger partial charge in [-0.2, -0.15) is 0 Å². The number of hydrogen-bond donors (Lipinski definition) is 0. The van der Waals surface area contributed by atoms with Gasteiger partial charge in [0.2, 0.25) is 0 Å². The number of hydrogen-bond acceptors (Lipinski definition) is 3. The first-order chi connectivity index (χ1) is 4.97.